The third kappa shape index (κ3) is 60.5. The summed E-state index contributed by atoms with van der Waals surface area (Å²) in [7, 11) is 0. The van der Waals surface area contributed by atoms with Gasteiger partial charge >= 0.3 is 17.9 Å². The highest BCUT2D eigenvalue weighted by atomic mass is 16.6. The van der Waals surface area contributed by atoms with E-state index in [1.165, 1.54) is 250 Å². The molecule has 0 aromatic heterocycles. The molecule has 0 N–H and O–H groups in total. The van der Waals surface area contributed by atoms with Crippen molar-refractivity contribution in [3.05, 3.63) is 36.5 Å². The lowest BCUT2D eigenvalue weighted by atomic mass is 10.0. The zero-order chi connectivity index (χ0) is 53.6. The Labute approximate surface area is 461 Å². The highest BCUT2D eigenvalue weighted by Gasteiger charge is 2.19. The first-order valence-corrected chi connectivity index (χ1v) is 33.0. The molecule has 0 amide bonds. The van der Waals surface area contributed by atoms with Gasteiger partial charge in [0.2, 0.25) is 0 Å². The Hall–Kier alpha value is -2.37. The molecule has 434 valence electrons. The van der Waals surface area contributed by atoms with Crippen molar-refractivity contribution in [1.82, 2.24) is 0 Å². The van der Waals surface area contributed by atoms with Crippen LogP contribution in [0.3, 0.4) is 0 Å². The molecule has 0 aromatic carbocycles. The molecular formula is C68H126O6. The monoisotopic (exact) mass is 1040 g/mol. The zero-order valence-corrected chi connectivity index (χ0v) is 49.9. The minimum atomic E-state index is -0.772. The van der Waals surface area contributed by atoms with Crippen LogP contribution in [0.4, 0.5) is 0 Å². The van der Waals surface area contributed by atoms with E-state index in [0.717, 1.165) is 70.6 Å². The predicted molar refractivity (Wildman–Crippen MR) is 321 cm³/mol. The van der Waals surface area contributed by atoms with Crippen LogP contribution >= 0.6 is 0 Å². The maximum atomic E-state index is 12.9. The van der Waals surface area contributed by atoms with E-state index in [4.69, 9.17) is 14.2 Å². The molecule has 0 fully saturated rings. The quantitative estimate of drug-likeness (QED) is 0.0261. The van der Waals surface area contributed by atoms with Gasteiger partial charge in [0, 0.05) is 19.3 Å². The molecule has 1 unspecified atom stereocenters. The second-order valence-corrected chi connectivity index (χ2v) is 22.4. The van der Waals surface area contributed by atoms with Crippen LogP contribution in [0.2, 0.25) is 0 Å². The molecule has 0 saturated carbocycles. The molecule has 0 radical (unpaired) electrons. The molecule has 0 heterocycles. The molecule has 0 saturated heterocycles. The number of carbonyl (C=O) groups excluding carboxylic acids is 3. The van der Waals surface area contributed by atoms with Gasteiger partial charge in [-0.05, 0) is 77.0 Å². The standard InChI is InChI=1S/C68H126O6/c1-4-7-10-13-16-19-22-24-26-28-29-30-31-32-33-34-35-36-37-38-39-41-42-44-46-49-52-55-58-61-67(70)73-64-65(63-72-66(69)60-57-54-51-48-21-18-15-12-9-6-3)74-68(71)62-59-56-53-50-47-45-43-40-27-25-23-20-17-14-11-8-5-2/h17,20,25,27-29,65H,4-16,18-19,21-24,26,30-64H2,1-3H3/b20-17-,27-25-,29-28-. The summed E-state index contributed by atoms with van der Waals surface area (Å²) in [6.45, 7) is 6.65. The highest BCUT2D eigenvalue weighted by molar-refractivity contribution is 5.71. The van der Waals surface area contributed by atoms with E-state index in [9.17, 15) is 14.4 Å². The normalized spacial score (nSPS) is 12.2. The summed E-state index contributed by atoms with van der Waals surface area (Å²) < 4.78 is 16.9. The molecule has 0 rings (SSSR count). The lowest BCUT2D eigenvalue weighted by Gasteiger charge is -2.18. The summed E-state index contributed by atoms with van der Waals surface area (Å²) in [4.78, 5) is 38.2. The fourth-order valence-electron chi connectivity index (χ4n) is 9.88. The molecule has 0 bridgehead atoms. The number of rotatable bonds is 61. The highest BCUT2D eigenvalue weighted by Crippen LogP contribution is 2.18. The first-order chi connectivity index (χ1) is 36.5. The van der Waals surface area contributed by atoms with Crippen molar-refractivity contribution in [1.29, 1.82) is 0 Å². The van der Waals surface area contributed by atoms with Crippen LogP contribution < -0.4 is 0 Å². The Kier molecular flexibility index (Phi) is 61.1. The first-order valence-electron chi connectivity index (χ1n) is 33.0. The zero-order valence-electron chi connectivity index (χ0n) is 49.9. The number of hydrogen-bond donors (Lipinski definition) is 0. The van der Waals surface area contributed by atoms with Gasteiger partial charge in [-0.1, -0.05) is 301 Å². The van der Waals surface area contributed by atoms with Gasteiger partial charge in [0.1, 0.15) is 13.2 Å². The lowest BCUT2D eigenvalue weighted by molar-refractivity contribution is -0.167. The molecule has 74 heavy (non-hydrogen) atoms. The fraction of sp³-hybridized carbons (Fsp3) is 0.868. The first kappa shape index (κ1) is 71.6. The predicted octanol–water partition coefficient (Wildman–Crippen LogP) is 22.4. The molecule has 0 aliphatic heterocycles. The van der Waals surface area contributed by atoms with Crippen molar-refractivity contribution in [2.45, 2.75) is 367 Å². The minimum absolute atomic E-state index is 0.0707. The van der Waals surface area contributed by atoms with Gasteiger partial charge in [0.05, 0.1) is 0 Å². The number of hydrogen-bond acceptors (Lipinski definition) is 6. The molecular weight excluding hydrogens is 913 g/mol. The molecule has 1 atom stereocenters. The molecule has 0 aliphatic rings. The van der Waals surface area contributed by atoms with E-state index in [0.29, 0.717) is 19.3 Å². The second kappa shape index (κ2) is 63.2. The molecule has 6 nitrogen and oxygen atoms in total. The van der Waals surface area contributed by atoms with E-state index in [2.05, 4.69) is 57.2 Å². The third-order valence-electron chi connectivity index (χ3n) is 14.9. The summed E-state index contributed by atoms with van der Waals surface area (Å²) in [5.41, 5.74) is 0. The summed E-state index contributed by atoms with van der Waals surface area (Å²) >= 11 is 0. The summed E-state index contributed by atoms with van der Waals surface area (Å²) in [5.74, 6) is -0.858. The van der Waals surface area contributed by atoms with Crippen LogP contribution in [-0.2, 0) is 28.6 Å². The van der Waals surface area contributed by atoms with E-state index >= 15 is 0 Å². The summed E-state index contributed by atoms with van der Waals surface area (Å²) in [5, 5.41) is 0. The van der Waals surface area contributed by atoms with E-state index in [1.807, 2.05) is 0 Å². The molecule has 0 aromatic rings. The van der Waals surface area contributed by atoms with Crippen molar-refractivity contribution in [3.8, 4) is 0 Å². The maximum Gasteiger partial charge on any atom is 0.306 e. The smallest absolute Gasteiger partial charge is 0.306 e. The number of ether oxygens (including phenoxy) is 3. The molecule has 0 spiro atoms. The Balaban J connectivity index is 4.12. The van der Waals surface area contributed by atoms with Crippen LogP contribution in [0.5, 0.6) is 0 Å². The van der Waals surface area contributed by atoms with Gasteiger partial charge in [-0.25, -0.2) is 0 Å². The van der Waals surface area contributed by atoms with Gasteiger partial charge in [-0.3, -0.25) is 14.4 Å². The minimum Gasteiger partial charge on any atom is -0.462 e. The van der Waals surface area contributed by atoms with Gasteiger partial charge < -0.3 is 14.2 Å². The summed E-state index contributed by atoms with van der Waals surface area (Å²) in [6, 6.07) is 0. The number of carbonyl (C=O) groups is 3. The van der Waals surface area contributed by atoms with Crippen LogP contribution in [0.1, 0.15) is 361 Å². The van der Waals surface area contributed by atoms with Gasteiger partial charge in [-0.15, -0.1) is 0 Å². The van der Waals surface area contributed by atoms with Gasteiger partial charge in [0.25, 0.3) is 0 Å². The fourth-order valence-corrected chi connectivity index (χ4v) is 9.88. The average Bonchev–Trinajstić information content (AvgIpc) is 3.40. The lowest BCUT2D eigenvalue weighted by Crippen LogP contribution is -2.30. The SMILES string of the molecule is CCCCC/C=C\C/C=C\CCCCCCCCCC(=O)OC(COC(=O)CCCCCCCCCCCC)COC(=O)CCCCCCCCCCCCCCCCCCC/C=C\CCCCCCCCCC. The molecule has 6 heteroatoms. The Morgan fingerprint density at radius 1 is 0.270 bits per heavy atom. The Morgan fingerprint density at radius 3 is 0.784 bits per heavy atom. The number of allylic oxidation sites excluding steroid dienone is 6. The summed E-state index contributed by atoms with van der Waals surface area (Å²) in [6.07, 6.45) is 77.4. The maximum absolute atomic E-state index is 12.9. The number of esters is 3. The third-order valence-corrected chi connectivity index (χ3v) is 14.9. The van der Waals surface area contributed by atoms with Crippen LogP contribution in [0.25, 0.3) is 0 Å². The van der Waals surface area contributed by atoms with Crippen molar-refractivity contribution in [2.24, 2.45) is 0 Å². The molecule has 0 aliphatic carbocycles. The van der Waals surface area contributed by atoms with Crippen molar-refractivity contribution < 1.29 is 28.6 Å². The number of unbranched alkanes of at least 4 members (excludes halogenated alkanes) is 44. The van der Waals surface area contributed by atoms with E-state index in [-0.39, 0.29) is 31.1 Å². The topological polar surface area (TPSA) is 78.9 Å². The Bertz CT molecular complexity index is 1240. The van der Waals surface area contributed by atoms with Crippen LogP contribution in [0, 0.1) is 0 Å². The second-order valence-electron chi connectivity index (χ2n) is 22.4. The van der Waals surface area contributed by atoms with Crippen molar-refractivity contribution in [2.75, 3.05) is 13.2 Å². The van der Waals surface area contributed by atoms with E-state index in [1.54, 1.807) is 0 Å². The van der Waals surface area contributed by atoms with Crippen molar-refractivity contribution >= 4 is 17.9 Å². The van der Waals surface area contributed by atoms with Crippen molar-refractivity contribution in [3.63, 3.8) is 0 Å². The van der Waals surface area contributed by atoms with Crippen LogP contribution in [0.15, 0.2) is 36.5 Å². The van der Waals surface area contributed by atoms with Gasteiger partial charge in [0.15, 0.2) is 6.10 Å². The largest absolute Gasteiger partial charge is 0.462 e. The Morgan fingerprint density at radius 2 is 0.486 bits per heavy atom. The average molecular weight is 1040 g/mol. The van der Waals surface area contributed by atoms with E-state index < -0.39 is 6.10 Å². The van der Waals surface area contributed by atoms with Gasteiger partial charge in [-0.2, -0.15) is 0 Å². The van der Waals surface area contributed by atoms with Crippen LogP contribution in [-0.4, -0.2) is 37.2 Å².